The fourth-order valence-electron chi connectivity index (χ4n) is 4.74. The van der Waals surface area contributed by atoms with Crippen LogP contribution in [0, 0.1) is 12.3 Å². The molecular weight excluding hydrogens is 445 g/mol. The lowest BCUT2D eigenvalue weighted by Gasteiger charge is -2.40. The number of aryl methyl sites for hydroxylation is 1. The van der Waals surface area contributed by atoms with Crippen LogP contribution < -0.4 is 5.32 Å². The van der Waals surface area contributed by atoms with E-state index >= 15 is 0 Å². The largest absolute Gasteiger partial charge is 0.433 e. The van der Waals surface area contributed by atoms with Gasteiger partial charge in [-0.1, -0.05) is 17.7 Å². The van der Waals surface area contributed by atoms with Crippen LogP contribution in [0.25, 0.3) is 5.69 Å². The number of benzene rings is 1. The summed E-state index contributed by atoms with van der Waals surface area (Å²) in [6, 6.07) is 9.20. The Morgan fingerprint density at radius 1 is 1.15 bits per heavy atom. The van der Waals surface area contributed by atoms with Crippen LogP contribution in [-0.4, -0.2) is 49.9 Å². The highest BCUT2D eigenvalue weighted by atomic mass is 19.4. The van der Waals surface area contributed by atoms with E-state index in [9.17, 15) is 18.0 Å². The van der Waals surface area contributed by atoms with Gasteiger partial charge in [0.05, 0.1) is 23.6 Å². The molecule has 1 saturated carbocycles. The zero-order valence-corrected chi connectivity index (χ0v) is 18.7. The van der Waals surface area contributed by atoms with Crippen molar-refractivity contribution >= 4 is 11.7 Å². The van der Waals surface area contributed by atoms with Crippen molar-refractivity contribution < 1.29 is 18.0 Å². The molecule has 1 aromatic carbocycles. The van der Waals surface area contributed by atoms with Gasteiger partial charge in [-0.25, -0.2) is 4.98 Å². The van der Waals surface area contributed by atoms with Crippen molar-refractivity contribution in [2.24, 2.45) is 5.41 Å². The van der Waals surface area contributed by atoms with Gasteiger partial charge in [-0.15, -0.1) is 0 Å². The van der Waals surface area contributed by atoms with E-state index in [2.05, 4.69) is 20.5 Å². The number of rotatable bonds is 5. The van der Waals surface area contributed by atoms with Gasteiger partial charge in [0.1, 0.15) is 11.5 Å². The summed E-state index contributed by atoms with van der Waals surface area (Å²) in [4.78, 5) is 20.7. The summed E-state index contributed by atoms with van der Waals surface area (Å²) < 4.78 is 39.2. The third kappa shape index (κ3) is 4.49. The van der Waals surface area contributed by atoms with Crippen LogP contribution in [0.5, 0.6) is 0 Å². The zero-order chi connectivity index (χ0) is 23.9. The van der Waals surface area contributed by atoms with Crippen LogP contribution in [0.15, 0.2) is 48.8 Å². The molecule has 7 nitrogen and oxygen atoms in total. The van der Waals surface area contributed by atoms with Gasteiger partial charge >= 0.3 is 6.18 Å². The Morgan fingerprint density at radius 2 is 1.91 bits per heavy atom. The highest BCUT2D eigenvalue weighted by Crippen LogP contribution is 2.55. The normalized spacial score (nSPS) is 19.3. The fourth-order valence-corrected chi connectivity index (χ4v) is 4.74. The standard InChI is InChI=1S/C24H25F3N6O/c1-16-5-6-19(33-29-10-11-30-33)18(13-16)22(34)32-12-9-23(7-8-23)14-17(32)15-28-21-4-2-3-20(31-21)24(25,26)27/h2-6,10-11,13,17H,7-9,12,14-15H2,1H3,(H,28,31)/t17-/m0/s1. The number of nitrogens with zero attached hydrogens (tertiary/aromatic N) is 5. The lowest BCUT2D eigenvalue weighted by Crippen LogP contribution is -2.50. The number of amides is 1. The molecule has 2 aliphatic rings. The maximum atomic E-state index is 13.8. The van der Waals surface area contributed by atoms with E-state index in [1.54, 1.807) is 12.4 Å². The second kappa shape index (κ2) is 8.41. The van der Waals surface area contributed by atoms with E-state index in [4.69, 9.17) is 0 Å². The van der Waals surface area contributed by atoms with Crippen LogP contribution in [0.1, 0.15) is 47.3 Å². The van der Waals surface area contributed by atoms with E-state index in [0.717, 1.165) is 37.3 Å². The molecule has 0 radical (unpaired) electrons. The predicted molar refractivity (Wildman–Crippen MR) is 120 cm³/mol. The number of anilines is 1. The number of likely N-dealkylation sites (tertiary alicyclic amines) is 1. The Labute approximate surface area is 195 Å². The van der Waals surface area contributed by atoms with E-state index in [0.29, 0.717) is 24.3 Å². The summed E-state index contributed by atoms with van der Waals surface area (Å²) in [5.74, 6) is 0.0185. The molecule has 2 aromatic heterocycles. The van der Waals surface area contributed by atoms with Gasteiger partial charge in [-0.05, 0) is 62.3 Å². The topological polar surface area (TPSA) is 75.9 Å². The van der Waals surface area contributed by atoms with Gasteiger partial charge in [-0.3, -0.25) is 4.79 Å². The number of hydrogen-bond acceptors (Lipinski definition) is 5. The van der Waals surface area contributed by atoms with Crippen LogP contribution >= 0.6 is 0 Å². The molecule has 1 atom stereocenters. The Bertz CT molecular complexity index is 1190. The number of aromatic nitrogens is 4. The first kappa shape index (κ1) is 22.4. The smallest absolute Gasteiger partial charge is 0.368 e. The minimum atomic E-state index is -4.51. The Balaban J connectivity index is 1.40. The van der Waals surface area contributed by atoms with Crippen molar-refractivity contribution in [2.75, 3.05) is 18.4 Å². The molecule has 3 heterocycles. The van der Waals surface area contributed by atoms with Crippen LogP contribution in [-0.2, 0) is 6.18 Å². The van der Waals surface area contributed by atoms with Gasteiger partial charge in [0, 0.05) is 19.1 Å². The van der Waals surface area contributed by atoms with Crippen molar-refractivity contribution in [3.05, 3.63) is 65.6 Å². The van der Waals surface area contributed by atoms with E-state index in [1.807, 2.05) is 30.0 Å². The minimum Gasteiger partial charge on any atom is -0.368 e. The third-order valence-corrected chi connectivity index (χ3v) is 6.79. The summed E-state index contributed by atoms with van der Waals surface area (Å²) >= 11 is 0. The van der Waals surface area contributed by atoms with Gasteiger partial charge in [0.25, 0.3) is 5.91 Å². The first-order valence-electron chi connectivity index (χ1n) is 11.3. The maximum absolute atomic E-state index is 13.8. The minimum absolute atomic E-state index is 0.129. The van der Waals surface area contributed by atoms with Crippen LogP contribution in [0.2, 0.25) is 0 Å². The number of carbonyl (C=O) groups is 1. The summed E-state index contributed by atoms with van der Waals surface area (Å²) in [5.41, 5.74) is 1.34. The number of nitrogens with one attached hydrogen (secondary N) is 1. The number of alkyl halides is 3. The highest BCUT2D eigenvalue weighted by Gasteiger charge is 2.49. The first-order valence-corrected chi connectivity index (χ1v) is 11.3. The molecule has 0 unspecified atom stereocenters. The van der Waals surface area contributed by atoms with Crippen molar-refractivity contribution in [2.45, 2.75) is 44.8 Å². The quantitative estimate of drug-likeness (QED) is 0.595. The lowest BCUT2D eigenvalue weighted by molar-refractivity contribution is -0.141. The zero-order valence-electron chi connectivity index (χ0n) is 18.7. The maximum Gasteiger partial charge on any atom is 0.433 e. The Morgan fingerprint density at radius 3 is 2.62 bits per heavy atom. The van der Waals surface area contributed by atoms with Crippen molar-refractivity contribution in [1.82, 2.24) is 24.9 Å². The van der Waals surface area contributed by atoms with Gasteiger partial charge < -0.3 is 10.2 Å². The lowest BCUT2D eigenvalue weighted by atomic mass is 9.87. The third-order valence-electron chi connectivity index (χ3n) is 6.79. The number of halogens is 3. The predicted octanol–water partition coefficient (Wildman–Crippen LogP) is 4.49. The number of hydrogen-bond donors (Lipinski definition) is 1. The molecule has 0 bridgehead atoms. The molecule has 1 saturated heterocycles. The van der Waals surface area contributed by atoms with Crippen molar-refractivity contribution in [3.8, 4) is 5.69 Å². The molecule has 178 valence electrons. The molecule has 1 amide bonds. The monoisotopic (exact) mass is 470 g/mol. The molecule has 1 aliphatic carbocycles. The Kier molecular flexibility index (Phi) is 5.53. The number of pyridine rings is 1. The highest BCUT2D eigenvalue weighted by molar-refractivity contribution is 5.98. The van der Waals surface area contributed by atoms with E-state index in [1.165, 1.54) is 16.9 Å². The molecule has 34 heavy (non-hydrogen) atoms. The van der Waals surface area contributed by atoms with Crippen molar-refractivity contribution in [1.29, 1.82) is 0 Å². The molecular formula is C24H25F3N6O. The number of carbonyl (C=O) groups excluding carboxylic acids is 1. The molecule has 5 rings (SSSR count). The summed E-state index contributed by atoms with van der Waals surface area (Å²) in [7, 11) is 0. The molecule has 10 heteroatoms. The van der Waals surface area contributed by atoms with Crippen LogP contribution in [0.4, 0.5) is 19.0 Å². The second-order valence-electron chi connectivity index (χ2n) is 9.23. The molecule has 1 N–H and O–H groups in total. The second-order valence-corrected chi connectivity index (χ2v) is 9.23. The fraction of sp³-hybridized carbons (Fsp3) is 0.417. The summed E-state index contributed by atoms with van der Waals surface area (Å²) in [6.45, 7) is 2.84. The molecule has 1 spiro atoms. The number of piperidine rings is 1. The van der Waals surface area contributed by atoms with Gasteiger partial charge in [0.15, 0.2) is 0 Å². The van der Waals surface area contributed by atoms with Gasteiger partial charge in [0.2, 0.25) is 0 Å². The molecule has 3 aromatic rings. The first-order chi connectivity index (χ1) is 16.2. The average Bonchev–Trinajstić information content (AvgIpc) is 3.33. The van der Waals surface area contributed by atoms with Crippen molar-refractivity contribution in [3.63, 3.8) is 0 Å². The van der Waals surface area contributed by atoms with Crippen LogP contribution in [0.3, 0.4) is 0 Å². The molecule has 2 fully saturated rings. The summed E-state index contributed by atoms with van der Waals surface area (Å²) in [6.07, 6.45) is 2.59. The van der Waals surface area contributed by atoms with Gasteiger partial charge in [-0.2, -0.15) is 28.2 Å². The summed E-state index contributed by atoms with van der Waals surface area (Å²) in [5, 5.41) is 11.4. The van der Waals surface area contributed by atoms with E-state index < -0.39 is 11.9 Å². The molecule has 1 aliphatic heterocycles. The Hall–Kier alpha value is -3.43. The average molecular weight is 470 g/mol. The van der Waals surface area contributed by atoms with E-state index in [-0.39, 0.29) is 23.2 Å². The SMILES string of the molecule is Cc1ccc(-n2nccn2)c(C(=O)N2CCC3(CC3)C[C@H]2CNc2cccc(C(F)(F)F)n2)c1.